The number of piperazine rings is 1. The molecule has 1 aromatic heterocycles. The van der Waals surface area contributed by atoms with E-state index >= 15 is 0 Å². The summed E-state index contributed by atoms with van der Waals surface area (Å²) in [6, 6.07) is 20.2. The van der Waals surface area contributed by atoms with Gasteiger partial charge < -0.3 is 10.2 Å². The number of benzene rings is 2. The summed E-state index contributed by atoms with van der Waals surface area (Å²) in [7, 11) is 0. The molecule has 3 aliphatic heterocycles. The largest absolute Gasteiger partial charge is 0.353 e. The molecule has 0 saturated carbocycles. The standard InChI is InChI=1S/C31H35N5O2S/c1-22-20-24-28(32-25-12-6-7-13-26(25)33-29(24)39-22)35-18-16-34(17-19-35)14-8-9-15-36-27(37)21-31(2,30(36)38)23-10-4-3-5-11-23/h3-7,10-13,20,33H,8-9,14-19,21H2,1-2H3. The maximum Gasteiger partial charge on any atom is 0.240 e. The van der Waals surface area contributed by atoms with Crippen molar-refractivity contribution in [3.63, 3.8) is 0 Å². The molecule has 0 bridgehead atoms. The van der Waals surface area contributed by atoms with E-state index in [2.05, 4.69) is 40.2 Å². The summed E-state index contributed by atoms with van der Waals surface area (Å²) in [5, 5.41) is 4.75. The van der Waals surface area contributed by atoms with Gasteiger partial charge in [-0.05, 0) is 57.0 Å². The number of imide groups is 1. The zero-order chi connectivity index (χ0) is 27.0. The van der Waals surface area contributed by atoms with Crippen LogP contribution in [0.2, 0.25) is 0 Å². The number of aryl methyl sites for hydroxylation is 1. The van der Waals surface area contributed by atoms with Crippen LogP contribution < -0.4 is 5.32 Å². The summed E-state index contributed by atoms with van der Waals surface area (Å²) in [6.45, 7) is 9.31. The van der Waals surface area contributed by atoms with E-state index in [1.165, 1.54) is 15.3 Å². The van der Waals surface area contributed by atoms with Gasteiger partial charge in [0.25, 0.3) is 0 Å². The molecule has 39 heavy (non-hydrogen) atoms. The molecule has 6 rings (SSSR count). The van der Waals surface area contributed by atoms with Crippen molar-refractivity contribution < 1.29 is 9.59 Å². The van der Waals surface area contributed by atoms with Crippen LogP contribution in [0.25, 0.3) is 0 Å². The van der Waals surface area contributed by atoms with E-state index < -0.39 is 5.41 Å². The molecule has 8 heteroatoms. The number of fused-ring (bicyclic) bond motifs is 2. The maximum atomic E-state index is 13.2. The van der Waals surface area contributed by atoms with Gasteiger partial charge in [0.2, 0.25) is 11.8 Å². The molecule has 0 aliphatic carbocycles. The highest BCUT2D eigenvalue weighted by atomic mass is 32.1. The molecule has 1 atom stereocenters. The molecule has 0 radical (unpaired) electrons. The van der Waals surface area contributed by atoms with Gasteiger partial charge in [0.15, 0.2) is 0 Å². The highest BCUT2D eigenvalue weighted by Crippen LogP contribution is 2.39. The summed E-state index contributed by atoms with van der Waals surface area (Å²) in [4.78, 5) is 38.7. The van der Waals surface area contributed by atoms with E-state index in [0.717, 1.165) is 73.3 Å². The van der Waals surface area contributed by atoms with Gasteiger partial charge in [0.1, 0.15) is 10.8 Å². The number of amidine groups is 1. The fourth-order valence-corrected chi connectivity index (χ4v) is 6.84. The second-order valence-corrected chi connectivity index (χ2v) is 12.2. The van der Waals surface area contributed by atoms with Gasteiger partial charge >= 0.3 is 0 Å². The average molecular weight is 542 g/mol. The fraction of sp³-hybridized carbons (Fsp3) is 0.387. The third-order valence-corrected chi connectivity index (χ3v) is 9.15. The maximum absolute atomic E-state index is 13.2. The summed E-state index contributed by atoms with van der Waals surface area (Å²) >= 11 is 1.78. The van der Waals surface area contributed by atoms with Gasteiger partial charge in [-0.25, -0.2) is 4.99 Å². The lowest BCUT2D eigenvalue weighted by Crippen LogP contribution is -2.49. The molecule has 2 amide bonds. The second kappa shape index (κ2) is 10.6. The number of thiophene rings is 1. The summed E-state index contributed by atoms with van der Waals surface area (Å²) < 4.78 is 0. The number of nitrogens with zero attached hydrogens (tertiary/aromatic N) is 4. The molecule has 1 N–H and O–H groups in total. The second-order valence-electron chi connectivity index (χ2n) is 10.9. The minimum Gasteiger partial charge on any atom is -0.353 e. The van der Waals surface area contributed by atoms with E-state index in [1.807, 2.05) is 49.4 Å². The van der Waals surface area contributed by atoms with Crippen LogP contribution in [0.3, 0.4) is 0 Å². The zero-order valence-corrected chi connectivity index (χ0v) is 23.5. The van der Waals surface area contributed by atoms with Crippen molar-refractivity contribution >= 4 is 45.4 Å². The minimum absolute atomic E-state index is 0.0526. The molecule has 3 aliphatic rings. The molecule has 2 aromatic carbocycles. The molecule has 1 unspecified atom stereocenters. The number of nitrogens with one attached hydrogen (secondary N) is 1. The highest BCUT2D eigenvalue weighted by Gasteiger charge is 2.48. The molecule has 0 spiro atoms. The first-order chi connectivity index (χ1) is 18.9. The zero-order valence-electron chi connectivity index (χ0n) is 22.7. The molecule has 2 fully saturated rings. The van der Waals surface area contributed by atoms with Crippen LogP contribution >= 0.6 is 11.3 Å². The molecule has 3 aromatic rings. The Morgan fingerprint density at radius 1 is 0.949 bits per heavy atom. The van der Waals surface area contributed by atoms with E-state index in [4.69, 9.17) is 4.99 Å². The number of unbranched alkanes of at least 4 members (excludes halogenated alkanes) is 1. The Bertz CT molecular complexity index is 1410. The highest BCUT2D eigenvalue weighted by molar-refractivity contribution is 7.16. The molecular weight excluding hydrogens is 506 g/mol. The number of carbonyl (C=O) groups is 2. The van der Waals surface area contributed by atoms with E-state index in [0.29, 0.717) is 6.54 Å². The molecule has 2 saturated heterocycles. The van der Waals surface area contributed by atoms with Gasteiger partial charge in [0, 0.05) is 44.0 Å². The Hall–Kier alpha value is -3.49. The van der Waals surface area contributed by atoms with Crippen LogP contribution in [0.15, 0.2) is 65.7 Å². The number of para-hydroxylation sites is 2. The van der Waals surface area contributed by atoms with E-state index in [-0.39, 0.29) is 18.2 Å². The minimum atomic E-state index is -0.744. The van der Waals surface area contributed by atoms with Crippen molar-refractivity contribution in [3.8, 4) is 0 Å². The average Bonchev–Trinajstić information content (AvgIpc) is 3.36. The van der Waals surface area contributed by atoms with Gasteiger partial charge in [-0.3, -0.25) is 19.4 Å². The van der Waals surface area contributed by atoms with E-state index in [1.54, 1.807) is 11.3 Å². The van der Waals surface area contributed by atoms with Gasteiger partial charge in [-0.1, -0.05) is 42.5 Å². The number of anilines is 2. The Labute approximate surface area is 234 Å². The summed E-state index contributed by atoms with van der Waals surface area (Å²) in [6.07, 6.45) is 2.05. The monoisotopic (exact) mass is 541 g/mol. The lowest BCUT2D eigenvalue weighted by molar-refractivity contribution is -0.139. The lowest BCUT2D eigenvalue weighted by Gasteiger charge is -2.36. The number of rotatable bonds is 6. The first-order valence-electron chi connectivity index (χ1n) is 13.9. The lowest BCUT2D eigenvalue weighted by atomic mass is 9.81. The van der Waals surface area contributed by atoms with Crippen molar-refractivity contribution in [2.75, 3.05) is 44.6 Å². The quantitative estimate of drug-likeness (QED) is 0.339. The van der Waals surface area contributed by atoms with Crippen LogP contribution in [-0.4, -0.2) is 71.6 Å². The van der Waals surface area contributed by atoms with Gasteiger partial charge in [-0.15, -0.1) is 11.3 Å². The summed E-state index contributed by atoms with van der Waals surface area (Å²) in [5.74, 6) is 0.942. The van der Waals surface area contributed by atoms with Crippen molar-refractivity contribution in [1.29, 1.82) is 0 Å². The normalized spacial score (nSPS) is 21.3. The Morgan fingerprint density at radius 2 is 1.67 bits per heavy atom. The number of hydrogen-bond acceptors (Lipinski definition) is 7. The number of aliphatic imine (C=N–C) groups is 1. The van der Waals surface area contributed by atoms with Crippen molar-refractivity contribution in [2.45, 2.75) is 38.5 Å². The molecule has 4 heterocycles. The summed E-state index contributed by atoms with van der Waals surface area (Å²) in [5.41, 5.74) is 3.39. The molecule has 7 nitrogen and oxygen atoms in total. The van der Waals surface area contributed by atoms with Gasteiger partial charge in [0.05, 0.1) is 22.4 Å². The number of amides is 2. The Kier molecular flexibility index (Phi) is 6.99. The van der Waals surface area contributed by atoms with Crippen LogP contribution in [0.1, 0.15) is 42.2 Å². The third-order valence-electron chi connectivity index (χ3n) is 8.19. The fourth-order valence-electron chi connectivity index (χ4n) is 5.92. The van der Waals surface area contributed by atoms with Crippen molar-refractivity contribution in [3.05, 3.63) is 76.7 Å². The molecule has 202 valence electrons. The first kappa shape index (κ1) is 25.8. The Balaban J connectivity index is 1.03. The number of carbonyl (C=O) groups excluding carboxylic acids is 2. The number of hydrogen-bond donors (Lipinski definition) is 1. The van der Waals surface area contributed by atoms with Crippen molar-refractivity contribution in [1.82, 2.24) is 14.7 Å². The molecular formula is C31H35N5O2S. The van der Waals surface area contributed by atoms with Gasteiger partial charge in [-0.2, -0.15) is 0 Å². The predicted octanol–water partition coefficient (Wildman–Crippen LogP) is 5.31. The van der Waals surface area contributed by atoms with Crippen LogP contribution in [0, 0.1) is 6.92 Å². The first-order valence-corrected chi connectivity index (χ1v) is 14.7. The SMILES string of the molecule is Cc1cc2c(s1)Nc1ccccc1N=C2N1CCN(CCCCN2C(=O)CC(C)(c3ccccc3)C2=O)CC1. The topological polar surface area (TPSA) is 68.2 Å². The van der Waals surface area contributed by atoms with E-state index in [9.17, 15) is 9.59 Å². The van der Waals surface area contributed by atoms with Crippen LogP contribution in [0.4, 0.5) is 16.4 Å². The predicted molar refractivity (Wildman–Crippen MR) is 157 cm³/mol. The number of likely N-dealkylation sites (tertiary alicyclic amines) is 1. The Morgan fingerprint density at radius 3 is 2.46 bits per heavy atom. The third kappa shape index (κ3) is 4.99. The smallest absolute Gasteiger partial charge is 0.240 e. The van der Waals surface area contributed by atoms with Crippen LogP contribution in [-0.2, 0) is 15.0 Å². The van der Waals surface area contributed by atoms with Crippen LogP contribution in [0.5, 0.6) is 0 Å². The van der Waals surface area contributed by atoms with Crippen molar-refractivity contribution in [2.24, 2.45) is 4.99 Å².